The normalized spacial score (nSPS) is 14.6. The average Bonchev–Trinajstić information content (AvgIpc) is 3.02. The summed E-state index contributed by atoms with van der Waals surface area (Å²) in [7, 11) is 0. The SMILES string of the molecule is CC(=O)N1CCN(c2ccc(NC(=O)c3ccc(Cl)s3)cc2)CC1. The zero-order chi connectivity index (χ0) is 17.1. The number of benzene rings is 1. The van der Waals surface area contributed by atoms with Gasteiger partial charge in [-0.3, -0.25) is 9.59 Å². The van der Waals surface area contributed by atoms with Crippen LogP contribution < -0.4 is 10.2 Å². The summed E-state index contributed by atoms with van der Waals surface area (Å²) in [6, 6.07) is 11.2. The fourth-order valence-electron chi connectivity index (χ4n) is 2.66. The van der Waals surface area contributed by atoms with Crippen LogP contribution in [0, 0.1) is 0 Å². The molecule has 1 saturated heterocycles. The molecule has 0 aliphatic carbocycles. The molecule has 0 bridgehead atoms. The average molecular weight is 364 g/mol. The smallest absolute Gasteiger partial charge is 0.265 e. The molecule has 0 unspecified atom stereocenters. The van der Waals surface area contributed by atoms with Crippen molar-refractivity contribution in [3.63, 3.8) is 0 Å². The number of hydrogen-bond donors (Lipinski definition) is 1. The molecule has 2 aromatic rings. The van der Waals surface area contributed by atoms with E-state index in [0.717, 1.165) is 37.6 Å². The first-order chi connectivity index (χ1) is 11.5. The molecule has 1 aromatic heterocycles. The summed E-state index contributed by atoms with van der Waals surface area (Å²) in [5, 5.41) is 2.87. The van der Waals surface area contributed by atoms with Crippen molar-refractivity contribution in [3.8, 4) is 0 Å². The van der Waals surface area contributed by atoms with Crippen molar-refractivity contribution in [1.82, 2.24) is 4.90 Å². The van der Waals surface area contributed by atoms with Gasteiger partial charge in [-0.05, 0) is 36.4 Å². The van der Waals surface area contributed by atoms with Crippen molar-refractivity contribution in [3.05, 3.63) is 45.6 Å². The molecule has 1 aromatic carbocycles. The van der Waals surface area contributed by atoms with Crippen LogP contribution in [-0.2, 0) is 4.79 Å². The first-order valence-electron chi connectivity index (χ1n) is 7.70. The fourth-order valence-corrected chi connectivity index (χ4v) is 3.60. The van der Waals surface area contributed by atoms with E-state index in [2.05, 4.69) is 10.2 Å². The first kappa shape index (κ1) is 16.8. The molecule has 24 heavy (non-hydrogen) atoms. The van der Waals surface area contributed by atoms with Gasteiger partial charge in [0.25, 0.3) is 5.91 Å². The highest BCUT2D eigenvalue weighted by atomic mass is 35.5. The standard InChI is InChI=1S/C17H18ClN3O2S/c1-12(22)20-8-10-21(11-9-20)14-4-2-13(3-5-14)19-17(23)15-6-7-16(18)24-15/h2-7H,8-11H2,1H3,(H,19,23). The Balaban J connectivity index is 1.59. The summed E-state index contributed by atoms with van der Waals surface area (Å²) in [4.78, 5) is 28.2. The third-order valence-electron chi connectivity index (χ3n) is 4.01. The van der Waals surface area contributed by atoms with E-state index in [4.69, 9.17) is 11.6 Å². The lowest BCUT2D eigenvalue weighted by Crippen LogP contribution is -2.48. The molecule has 0 radical (unpaired) electrons. The molecule has 5 nitrogen and oxygen atoms in total. The molecule has 0 saturated carbocycles. The van der Waals surface area contributed by atoms with Crippen molar-refractivity contribution in [2.24, 2.45) is 0 Å². The summed E-state index contributed by atoms with van der Waals surface area (Å²) in [5.74, 6) is -0.0314. The summed E-state index contributed by atoms with van der Waals surface area (Å²) in [6.07, 6.45) is 0. The van der Waals surface area contributed by atoms with Crippen LogP contribution in [0.5, 0.6) is 0 Å². The molecule has 0 atom stereocenters. The van der Waals surface area contributed by atoms with Gasteiger partial charge < -0.3 is 15.1 Å². The highest BCUT2D eigenvalue weighted by molar-refractivity contribution is 7.18. The van der Waals surface area contributed by atoms with E-state index in [1.807, 2.05) is 29.2 Å². The van der Waals surface area contributed by atoms with Crippen LogP contribution in [0.2, 0.25) is 4.34 Å². The Morgan fingerprint density at radius 3 is 2.25 bits per heavy atom. The number of carbonyl (C=O) groups excluding carboxylic acids is 2. The van der Waals surface area contributed by atoms with Crippen LogP contribution >= 0.6 is 22.9 Å². The minimum Gasteiger partial charge on any atom is -0.368 e. The van der Waals surface area contributed by atoms with E-state index < -0.39 is 0 Å². The first-order valence-corrected chi connectivity index (χ1v) is 8.89. The largest absolute Gasteiger partial charge is 0.368 e. The van der Waals surface area contributed by atoms with Gasteiger partial charge in [-0.1, -0.05) is 11.6 Å². The number of amides is 2. The topological polar surface area (TPSA) is 52.7 Å². The Kier molecular flexibility index (Phi) is 5.06. The number of nitrogens with one attached hydrogen (secondary N) is 1. The van der Waals surface area contributed by atoms with Crippen LogP contribution in [0.1, 0.15) is 16.6 Å². The van der Waals surface area contributed by atoms with Crippen LogP contribution in [0.4, 0.5) is 11.4 Å². The lowest BCUT2D eigenvalue weighted by molar-refractivity contribution is -0.129. The molecule has 1 N–H and O–H groups in total. The Labute approximate surface area is 149 Å². The number of thiophene rings is 1. The molecular weight excluding hydrogens is 346 g/mol. The number of carbonyl (C=O) groups is 2. The number of hydrogen-bond acceptors (Lipinski definition) is 4. The predicted octanol–water partition coefficient (Wildman–Crippen LogP) is 3.32. The van der Waals surface area contributed by atoms with Crippen LogP contribution in [-0.4, -0.2) is 42.9 Å². The van der Waals surface area contributed by atoms with Gasteiger partial charge >= 0.3 is 0 Å². The molecule has 1 fully saturated rings. The predicted molar refractivity (Wildman–Crippen MR) is 98.2 cm³/mol. The van der Waals surface area contributed by atoms with E-state index in [-0.39, 0.29) is 11.8 Å². The van der Waals surface area contributed by atoms with Crippen molar-refractivity contribution < 1.29 is 9.59 Å². The molecule has 2 amide bonds. The second-order valence-electron chi connectivity index (χ2n) is 5.60. The van der Waals surface area contributed by atoms with E-state index in [9.17, 15) is 9.59 Å². The maximum absolute atomic E-state index is 12.1. The van der Waals surface area contributed by atoms with Gasteiger partial charge in [0.15, 0.2) is 0 Å². The second kappa shape index (κ2) is 7.23. The minimum atomic E-state index is -0.158. The molecule has 1 aliphatic rings. The molecule has 7 heteroatoms. The van der Waals surface area contributed by atoms with Gasteiger partial charge in [0.2, 0.25) is 5.91 Å². The van der Waals surface area contributed by atoms with Gasteiger partial charge in [-0.25, -0.2) is 0 Å². The molecule has 2 heterocycles. The summed E-state index contributed by atoms with van der Waals surface area (Å²) >= 11 is 7.11. The minimum absolute atomic E-state index is 0.126. The van der Waals surface area contributed by atoms with E-state index in [1.54, 1.807) is 19.1 Å². The van der Waals surface area contributed by atoms with Gasteiger partial charge in [-0.15, -0.1) is 11.3 Å². The lowest BCUT2D eigenvalue weighted by atomic mass is 10.2. The Bertz CT molecular complexity index is 737. The maximum Gasteiger partial charge on any atom is 0.265 e. The Morgan fingerprint density at radius 1 is 1.04 bits per heavy atom. The third kappa shape index (κ3) is 3.88. The molecule has 3 rings (SSSR count). The molecular formula is C17H18ClN3O2S. The van der Waals surface area contributed by atoms with Gasteiger partial charge in [0, 0.05) is 44.5 Å². The highest BCUT2D eigenvalue weighted by Crippen LogP contribution is 2.23. The Morgan fingerprint density at radius 2 is 1.71 bits per heavy atom. The zero-order valence-electron chi connectivity index (χ0n) is 13.3. The van der Waals surface area contributed by atoms with Crippen molar-refractivity contribution in [1.29, 1.82) is 0 Å². The van der Waals surface area contributed by atoms with Gasteiger partial charge in [0.1, 0.15) is 0 Å². The third-order valence-corrected chi connectivity index (χ3v) is 5.24. The quantitative estimate of drug-likeness (QED) is 0.910. The zero-order valence-corrected chi connectivity index (χ0v) is 14.9. The maximum atomic E-state index is 12.1. The number of rotatable bonds is 3. The molecule has 1 aliphatic heterocycles. The monoisotopic (exact) mass is 363 g/mol. The summed E-state index contributed by atoms with van der Waals surface area (Å²) in [5.41, 5.74) is 1.84. The van der Waals surface area contributed by atoms with E-state index in [1.165, 1.54) is 11.3 Å². The van der Waals surface area contributed by atoms with E-state index in [0.29, 0.717) is 9.21 Å². The highest BCUT2D eigenvalue weighted by Gasteiger charge is 2.18. The van der Waals surface area contributed by atoms with Crippen LogP contribution in [0.3, 0.4) is 0 Å². The van der Waals surface area contributed by atoms with Crippen LogP contribution in [0.25, 0.3) is 0 Å². The van der Waals surface area contributed by atoms with Crippen molar-refractivity contribution in [2.75, 3.05) is 36.4 Å². The van der Waals surface area contributed by atoms with E-state index >= 15 is 0 Å². The number of anilines is 2. The number of halogens is 1. The number of nitrogens with zero attached hydrogens (tertiary/aromatic N) is 2. The Hall–Kier alpha value is -2.05. The fraction of sp³-hybridized carbons (Fsp3) is 0.294. The summed E-state index contributed by atoms with van der Waals surface area (Å²) in [6.45, 7) is 4.73. The number of piperazine rings is 1. The van der Waals surface area contributed by atoms with Gasteiger partial charge in [-0.2, -0.15) is 0 Å². The van der Waals surface area contributed by atoms with Gasteiger partial charge in [0.05, 0.1) is 9.21 Å². The van der Waals surface area contributed by atoms with Crippen LogP contribution in [0.15, 0.2) is 36.4 Å². The summed E-state index contributed by atoms with van der Waals surface area (Å²) < 4.78 is 0.597. The second-order valence-corrected chi connectivity index (χ2v) is 7.31. The molecule has 0 spiro atoms. The van der Waals surface area contributed by atoms with Crippen molar-refractivity contribution >= 4 is 46.1 Å². The van der Waals surface area contributed by atoms with Crippen molar-refractivity contribution in [2.45, 2.75) is 6.92 Å². The molecule has 126 valence electrons. The lowest BCUT2D eigenvalue weighted by Gasteiger charge is -2.35.